The number of aromatic nitrogens is 2. The molecule has 2 N–H and O–H groups in total. The number of hydrogen-bond acceptors (Lipinski definition) is 8. The number of carbonyl (C=O) groups excluding carboxylic acids is 1. The van der Waals surface area contributed by atoms with Gasteiger partial charge >= 0.3 is 5.97 Å². The summed E-state index contributed by atoms with van der Waals surface area (Å²) in [5, 5.41) is 26.9. The molecule has 2 unspecified atom stereocenters. The van der Waals surface area contributed by atoms with Crippen LogP contribution in [0.2, 0.25) is 0 Å². The molecule has 4 aromatic rings. The second-order valence-electron chi connectivity index (χ2n) is 10.6. The highest BCUT2D eigenvalue weighted by atomic mass is 127. The minimum atomic E-state index is -4.15. The van der Waals surface area contributed by atoms with E-state index in [0.29, 0.717) is 23.8 Å². The van der Waals surface area contributed by atoms with Gasteiger partial charge in [0.2, 0.25) is 5.91 Å². The summed E-state index contributed by atoms with van der Waals surface area (Å²) >= 11 is 2.27. The van der Waals surface area contributed by atoms with Gasteiger partial charge in [-0.3, -0.25) is 9.10 Å². The van der Waals surface area contributed by atoms with Crippen LogP contribution in [0.25, 0.3) is 0 Å². The Morgan fingerprint density at radius 1 is 1.04 bits per heavy atom. The third-order valence-corrected chi connectivity index (χ3v) is 10.6. The first-order valence-electron chi connectivity index (χ1n) is 14.1. The standard InChI is InChI=1S/C31H31IN6O6S/c1-21-33-14-16-36(21)19-22-13-15-37(29(32)17-22)30(40)20-38(25-5-3-2-4-6-25)45(43,44)26-10-7-23(8-11-26)34-35-24-9-12-28(39)27(18-24)31(41)42/h2-12,14,16,18,22,29,39H,13,15,17,19-20H2,1H3,(H,41,42). The molecule has 0 aliphatic carbocycles. The van der Waals surface area contributed by atoms with Crippen molar-refractivity contribution < 1.29 is 28.2 Å². The van der Waals surface area contributed by atoms with Gasteiger partial charge in [-0.05, 0) is 80.3 Å². The molecule has 2 heterocycles. The Morgan fingerprint density at radius 2 is 1.73 bits per heavy atom. The zero-order valence-electron chi connectivity index (χ0n) is 24.3. The summed E-state index contributed by atoms with van der Waals surface area (Å²) in [5.41, 5.74) is 0.575. The number of aryl methyl sites for hydroxylation is 1. The lowest BCUT2D eigenvalue weighted by Gasteiger charge is -2.38. The maximum Gasteiger partial charge on any atom is 0.339 e. The molecule has 14 heteroatoms. The second kappa shape index (κ2) is 13.8. The molecule has 1 fully saturated rings. The number of imidazole rings is 1. The van der Waals surface area contributed by atoms with E-state index >= 15 is 0 Å². The molecule has 45 heavy (non-hydrogen) atoms. The summed E-state index contributed by atoms with van der Waals surface area (Å²) in [6.07, 6.45) is 5.33. The molecule has 234 valence electrons. The number of rotatable bonds is 10. The van der Waals surface area contributed by atoms with Crippen LogP contribution in [0.15, 0.2) is 100 Å². The predicted octanol–water partition coefficient (Wildman–Crippen LogP) is 5.91. The number of carboxylic acids is 1. The number of azo groups is 1. The Kier molecular flexibility index (Phi) is 9.82. The van der Waals surface area contributed by atoms with Crippen LogP contribution in [0, 0.1) is 12.8 Å². The molecular weight excluding hydrogens is 711 g/mol. The fraction of sp³-hybridized carbons (Fsp3) is 0.258. The number of alkyl halides is 1. The molecule has 0 spiro atoms. The van der Waals surface area contributed by atoms with Crippen molar-refractivity contribution in [3.8, 4) is 5.75 Å². The van der Waals surface area contributed by atoms with Gasteiger partial charge in [0.05, 0.1) is 26.0 Å². The average molecular weight is 743 g/mol. The van der Waals surface area contributed by atoms with Gasteiger partial charge in [0.1, 0.15) is 23.7 Å². The van der Waals surface area contributed by atoms with Gasteiger partial charge in [0, 0.05) is 25.5 Å². The molecule has 1 aliphatic heterocycles. The van der Waals surface area contributed by atoms with Crippen molar-refractivity contribution in [2.75, 3.05) is 17.4 Å². The summed E-state index contributed by atoms with van der Waals surface area (Å²) in [6.45, 7) is 2.96. The van der Waals surface area contributed by atoms with E-state index in [1.54, 1.807) is 41.4 Å². The number of sulfonamides is 1. The zero-order chi connectivity index (χ0) is 32.1. The lowest BCUT2D eigenvalue weighted by Crippen LogP contribution is -2.49. The van der Waals surface area contributed by atoms with E-state index in [1.165, 1.54) is 42.5 Å². The number of nitrogens with zero attached hydrogens (tertiary/aromatic N) is 6. The van der Waals surface area contributed by atoms with Crippen molar-refractivity contribution in [3.63, 3.8) is 0 Å². The number of phenols is 1. The van der Waals surface area contributed by atoms with Crippen molar-refractivity contribution in [1.29, 1.82) is 0 Å². The van der Waals surface area contributed by atoms with Gasteiger partial charge in [0.25, 0.3) is 10.0 Å². The Morgan fingerprint density at radius 3 is 2.38 bits per heavy atom. The lowest BCUT2D eigenvalue weighted by molar-refractivity contribution is -0.131. The van der Waals surface area contributed by atoms with Crippen molar-refractivity contribution in [1.82, 2.24) is 14.5 Å². The number of anilines is 1. The molecule has 3 aromatic carbocycles. The van der Waals surface area contributed by atoms with E-state index in [9.17, 15) is 28.2 Å². The SMILES string of the molecule is Cc1nccn1CC1CCN(C(=O)CN(c2ccccc2)S(=O)(=O)c2ccc(N=Nc3ccc(O)c(C(=O)O)c3)cc2)C(I)C1. The third-order valence-electron chi connectivity index (χ3n) is 7.58. The molecule has 12 nitrogen and oxygen atoms in total. The van der Waals surface area contributed by atoms with E-state index in [0.717, 1.165) is 29.5 Å². The Labute approximate surface area is 274 Å². The van der Waals surface area contributed by atoms with Gasteiger partial charge < -0.3 is 19.7 Å². The maximum atomic E-state index is 13.9. The summed E-state index contributed by atoms with van der Waals surface area (Å²) < 4.78 is 31.0. The summed E-state index contributed by atoms with van der Waals surface area (Å²) in [7, 11) is -4.15. The largest absolute Gasteiger partial charge is 0.507 e. The van der Waals surface area contributed by atoms with E-state index in [4.69, 9.17) is 0 Å². The number of halogens is 1. The summed E-state index contributed by atoms with van der Waals surface area (Å²) in [5.74, 6) is -0.651. The van der Waals surface area contributed by atoms with Gasteiger partial charge in [0.15, 0.2) is 0 Å². The third kappa shape index (κ3) is 7.50. The van der Waals surface area contributed by atoms with Crippen molar-refractivity contribution in [3.05, 3.63) is 96.6 Å². The minimum Gasteiger partial charge on any atom is -0.507 e. The number of amides is 1. The number of piperidine rings is 1. The number of hydrogen-bond donors (Lipinski definition) is 2. The number of likely N-dealkylation sites (tertiary alicyclic amines) is 1. The molecule has 0 bridgehead atoms. The highest BCUT2D eigenvalue weighted by molar-refractivity contribution is 14.1. The summed E-state index contributed by atoms with van der Waals surface area (Å²) in [6, 6.07) is 18.0. The summed E-state index contributed by atoms with van der Waals surface area (Å²) in [4.78, 5) is 30.9. The number of carbonyl (C=O) groups is 2. The van der Waals surface area contributed by atoms with Crippen LogP contribution in [0.4, 0.5) is 17.1 Å². The molecule has 1 amide bonds. The Balaban J connectivity index is 1.31. The van der Waals surface area contributed by atoms with Gasteiger partial charge in [-0.25, -0.2) is 18.2 Å². The van der Waals surface area contributed by atoms with Gasteiger partial charge in [-0.2, -0.15) is 10.2 Å². The van der Waals surface area contributed by atoms with Gasteiger partial charge in [-0.15, -0.1) is 0 Å². The van der Waals surface area contributed by atoms with E-state index < -0.39 is 21.7 Å². The van der Waals surface area contributed by atoms with E-state index in [-0.39, 0.29) is 32.6 Å². The second-order valence-corrected chi connectivity index (χ2v) is 13.9. The van der Waals surface area contributed by atoms with E-state index in [2.05, 4.69) is 42.4 Å². The molecule has 0 saturated carbocycles. The van der Waals surface area contributed by atoms with Gasteiger partial charge in [-0.1, -0.05) is 40.8 Å². The highest BCUT2D eigenvalue weighted by Gasteiger charge is 2.34. The first kappa shape index (κ1) is 32.1. The van der Waals surface area contributed by atoms with Crippen molar-refractivity contribution in [2.24, 2.45) is 16.1 Å². The maximum absolute atomic E-state index is 13.9. The first-order valence-corrected chi connectivity index (χ1v) is 16.8. The normalized spacial score (nSPS) is 17.0. The molecule has 1 saturated heterocycles. The van der Waals surface area contributed by atoms with Crippen molar-refractivity contribution in [2.45, 2.75) is 35.3 Å². The smallest absolute Gasteiger partial charge is 0.339 e. The monoisotopic (exact) mass is 742 g/mol. The first-order chi connectivity index (χ1) is 21.5. The fourth-order valence-electron chi connectivity index (χ4n) is 5.11. The van der Waals surface area contributed by atoms with Crippen molar-refractivity contribution >= 4 is 61.6 Å². The number of para-hydroxylation sites is 1. The Bertz CT molecular complexity index is 1810. The Hall–Kier alpha value is -4.31. The highest BCUT2D eigenvalue weighted by Crippen LogP contribution is 2.31. The lowest BCUT2D eigenvalue weighted by atomic mass is 9.96. The van der Waals surface area contributed by atoms with Crippen LogP contribution in [-0.2, 0) is 21.4 Å². The molecule has 1 aromatic heterocycles. The fourth-order valence-corrected chi connectivity index (χ4v) is 7.83. The number of benzene rings is 3. The van der Waals surface area contributed by atoms with Crippen LogP contribution >= 0.6 is 22.6 Å². The van der Waals surface area contributed by atoms with Crippen LogP contribution in [0.3, 0.4) is 0 Å². The average Bonchev–Trinajstić information content (AvgIpc) is 3.43. The molecular formula is C31H31IN6O6S. The van der Waals surface area contributed by atoms with Crippen LogP contribution < -0.4 is 4.31 Å². The van der Waals surface area contributed by atoms with Crippen LogP contribution in [-0.4, -0.2) is 62.1 Å². The van der Waals surface area contributed by atoms with Crippen LogP contribution in [0.1, 0.15) is 29.0 Å². The predicted molar refractivity (Wildman–Crippen MR) is 176 cm³/mol. The quantitative estimate of drug-likeness (QED) is 0.0886. The molecule has 1 aliphatic rings. The topological polar surface area (TPSA) is 158 Å². The zero-order valence-corrected chi connectivity index (χ0v) is 27.2. The minimum absolute atomic E-state index is 0.0312. The van der Waals surface area contributed by atoms with E-state index in [1.807, 2.05) is 13.1 Å². The molecule has 2 atom stereocenters. The number of aromatic hydroxyl groups is 1. The number of aromatic carboxylic acids is 1. The number of carboxylic acid groups (broad SMARTS) is 1. The molecule has 0 radical (unpaired) electrons. The molecule has 5 rings (SSSR count). The van der Waals surface area contributed by atoms with Crippen LogP contribution in [0.5, 0.6) is 5.75 Å².